The van der Waals surface area contributed by atoms with Crippen molar-refractivity contribution in [2.24, 2.45) is 0 Å². The van der Waals surface area contributed by atoms with Gasteiger partial charge in [-0.05, 0) is 30.7 Å². The van der Waals surface area contributed by atoms with Crippen molar-refractivity contribution in [3.05, 3.63) is 29.8 Å². The highest BCUT2D eigenvalue weighted by Crippen LogP contribution is 2.26. The molecule has 1 amide bonds. The van der Waals surface area contributed by atoms with Gasteiger partial charge in [0.1, 0.15) is 0 Å². The summed E-state index contributed by atoms with van der Waals surface area (Å²) in [6.07, 6.45) is 4.14. The number of hydrogen-bond donors (Lipinski definition) is 0. The largest absolute Gasteiger partial charge is 0.311 e. The molecule has 2 rings (SSSR count). The fourth-order valence-electron chi connectivity index (χ4n) is 1.99. The van der Waals surface area contributed by atoms with Crippen LogP contribution in [0.4, 0.5) is 5.69 Å². The second-order valence-electron chi connectivity index (χ2n) is 3.71. The maximum atomic E-state index is 11.9. The number of aryl methyl sites for hydroxylation is 1. The van der Waals surface area contributed by atoms with Crippen LogP contribution in [0.25, 0.3) is 0 Å². The van der Waals surface area contributed by atoms with Gasteiger partial charge in [0.15, 0.2) is 0 Å². The monoisotopic (exact) mass is 221 g/mol. The van der Waals surface area contributed by atoms with Crippen molar-refractivity contribution in [2.75, 3.05) is 23.5 Å². The molecule has 0 aliphatic carbocycles. The van der Waals surface area contributed by atoms with Gasteiger partial charge in [-0.1, -0.05) is 18.2 Å². The van der Waals surface area contributed by atoms with E-state index >= 15 is 0 Å². The average Bonchev–Trinajstić information content (AvgIpc) is 2.28. The summed E-state index contributed by atoms with van der Waals surface area (Å²) < 4.78 is 0. The van der Waals surface area contributed by atoms with Crippen molar-refractivity contribution in [1.29, 1.82) is 0 Å². The first-order valence-electron chi connectivity index (χ1n) is 5.20. The molecule has 0 saturated heterocycles. The molecule has 0 atom stereocenters. The number of carbonyl (C=O) groups is 1. The lowest BCUT2D eigenvalue weighted by Gasteiger charge is -2.29. The minimum absolute atomic E-state index is 0.231. The van der Waals surface area contributed by atoms with Crippen molar-refractivity contribution in [3.8, 4) is 0 Å². The van der Waals surface area contributed by atoms with Gasteiger partial charge in [-0.2, -0.15) is 11.8 Å². The number of amides is 1. The molecule has 1 heterocycles. The van der Waals surface area contributed by atoms with Gasteiger partial charge in [-0.3, -0.25) is 4.79 Å². The van der Waals surface area contributed by atoms with Gasteiger partial charge >= 0.3 is 0 Å². The number of nitrogens with zero attached hydrogens (tertiary/aromatic N) is 1. The molecule has 1 aliphatic heterocycles. The molecule has 0 fully saturated rings. The molecule has 0 radical (unpaired) electrons. The third-order valence-electron chi connectivity index (χ3n) is 2.68. The second-order valence-corrected chi connectivity index (χ2v) is 4.58. The highest BCUT2D eigenvalue weighted by atomic mass is 32.2. The predicted molar refractivity (Wildman–Crippen MR) is 65.5 cm³/mol. The van der Waals surface area contributed by atoms with E-state index in [0.717, 1.165) is 25.1 Å². The average molecular weight is 221 g/mol. The first-order chi connectivity index (χ1) is 7.33. The quantitative estimate of drug-likeness (QED) is 0.764. The number of rotatable bonds is 2. The first kappa shape index (κ1) is 10.6. The van der Waals surface area contributed by atoms with Crippen LogP contribution in [0.5, 0.6) is 0 Å². The van der Waals surface area contributed by atoms with Gasteiger partial charge in [-0.15, -0.1) is 0 Å². The van der Waals surface area contributed by atoms with Crippen molar-refractivity contribution in [2.45, 2.75) is 12.8 Å². The molecule has 15 heavy (non-hydrogen) atoms. The maximum Gasteiger partial charge on any atom is 0.236 e. The van der Waals surface area contributed by atoms with E-state index in [0.29, 0.717) is 5.75 Å². The summed E-state index contributed by atoms with van der Waals surface area (Å²) in [6, 6.07) is 8.21. The number of benzene rings is 1. The van der Waals surface area contributed by atoms with Crippen molar-refractivity contribution in [1.82, 2.24) is 0 Å². The number of hydrogen-bond acceptors (Lipinski definition) is 2. The van der Waals surface area contributed by atoms with Gasteiger partial charge in [-0.25, -0.2) is 0 Å². The topological polar surface area (TPSA) is 20.3 Å². The zero-order chi connectivity index (χ0) is 10.7. The summed E-state index contributed by atoms with van der Waals surface area (Å²) in [4.78, 5) is 13.8. The molecule has 0 saturated carbocycles. The third kappa shape index (κ3) is 2.17. The highest BCUT2D eigenvalue weighted by Gasteiger charge is 2.21. The van der Waals surface area contributed by atoms with E-state index in [1.807, 2.05) is 29.4 Å². The van der Waals surface area contributed by atoms with E-state index in [4.69, 9.17) is 0 Å². The van der Waals surface area contributed by atoms with E-state index in [9.17, 15) is 4.79 Å². The molecular weight excluding hydrogens is 206 g/mol. The van der Waals surface area contributed by atoms with Gasteiger partial charge in [0.25, 0.3) is 0 Å². The fraction of sp³-hybridized carbons (Fsp3) is 0.417. The van der Waals surface area contributed by atoms with Crippen LogP contribution in [0.15, 0.2) is 24.3 Å². The van der Waals surface area contributed by atoms with E-state index < -0.39 is 0 Å². The molecule has 80 valence electrons. The number of fused-ring (bicyclic) bond motifs is 1. The molecule has 3 heteroatoms. The van der Waals surface area contributed by atoms with E-state index in [-0.39, 0.29) is 5.91 Å². The lowest BCUT2D eigenvalue weighted by Crippen LogP contribution is -2.36. The Morgan fingerprint density at radius 2 is 2.27 bits per heavy atom. The molecule has 0 aromatic heterocycles. The Bertz CT molecular complexity index is 364. The second kappa shape index (κ2) is 4.71. The number of thioether (sulfide) groups is 1. The van der Waals surface area contributed by atoms with Crippen LogP contribution in [-0.2, 0) is 11.2 Å². The molecule has 0 unspecified atom stereocenters. The van der Waals surface area contributed by atoms with E-state index in [1.54, 1.807) is 11.8 Å². The van der Waals surface area contributed by atoms with Crippen LogP contribution in [0.2, 0.25) is 0 Å². The van der Waals surface area contributed by atoms with Gasteiger partial charge in [0.2, 0.25) is 5.91 Å². The van der Waals surface area contributed by atoms with Crippen LogP contribution in [-0.4, -0.2) is 24.5 Å². The Balaban J connectivity index is 2.25. The standard InChI is InChI=1S/C12H15NOS/c1-15-9-12(14)13-8-4-6-10-5-2-3-7-11(10)13/h2-3,5,7H,4,6,8-9H2,1H3. The summed E-state index contributed by atoms with van der Waals surface area (Å²) >= 11 is 1.59. The number of carbonyl (C=O) groups excluding carboxylic acids is 1. The van der Waals surface area contributed by atoms with Gasteiger partial charge in [0.05, 0.1) is 5.75 Å². The zero-order valence-corrected chi connectivity index (χ0v) is 9.72. The molecular formula is C12H15NOS. The normalized spacial score (nSPS) is 14.9. The van der Waals surface area contributed by atoms with Crippen LogP contribution in [0, 0.1) is 0 Å². The summed E-state index contributed by atoms with van der Waals surface area (Å²) in [7, 11) is 0. The number of para-hydroxylation sites is 1. The van der Waals surface area contributed by atoms with Crippen molar-refractivity contribution >= 4 is 23.4 Å². The van der Waals surface area contributed by atoms with Gasteiger partial charge < -0.3 is 4.90 Å². The van der Waals surface area contributed by atoms with Crippen molar-refractivity contribution < 1.29 is 4.79 Å². The van der Waals surface area contributed by atoms with Crippen LogP contribution >= 0.6 is 11.8 Å². The first-order valence-corrected chi connectivity index (χ1v) is 6.59. The Morgan fingerprint density at radius 1 is 1.47 bits per heavy atom. The number of anilines is 1. The summed E-state index contributed by atoms with van der Waals surface area (Å²) in [5, 5.41) is 0. The minimum atomic E-state index is 0.231. The SMILES string of the molecule is CSCC(=O)N1CCCc2ccccc21. The predicted octanol–water partition coefficient (Wildman–Crippen LogP) is 2.33. The highest BCUT2D eigenvalue weighted by molar-refractivity contribution is 7.99. The van der Waals surface area contributed by atoms with Crippen LogP contribution < -0.4 is 4.90 Å². The van der Waals surface area contributed by atoms with E-state index in [1.165, 1.54) is 5.56 Å². The molecule has 1 aromatic carbocycles. The van der Waals surface area contributed by atoms with Crippen LogP contribution in [0.3, 0.4) is 0 Å². The molecule has 0 N–H and O–H groups in total. The molecule has 0 bridgehead atoms. The Hall–Kier alpha value is -0.960. The molecule has 1 aromatic rings. The summed E-state index contributed by atoms with van der Waals surface area (Å²) in [5.41, 5.74) is 2.42. The zero-order valence-electron chi connectivity index (χ0n) is 8.90. The Morgan fingerprint density at radius 3 is 3.07 bits per heavy atom. The Kier molecular flexibility index (Phi) is 3.31. The third-order valence-corrected chi connectivity index (χ3v) is 3.21. The fourth-order valence-corrected chi connectivity index (χ4v) is 2.40. The summed E-state index contributed by atoms with van der Waals surface area (Å²) in [5.74, 6) is 0.809. The summed E-state index contributed by atoms with van der Waals surface area (Å²) in [6.45, 7) is 0.871. The van der Waals surface area contributed by atoms with Gasteiger partial charge in [0, 0.05) is 12.2 Å². The smallest absolute Gasteiger partial charge is 0.236 e. The van der Waals surface area contributed by atoms with E-state index in [2.05, 4.69) is 6.07 Å². The lowest BCUT2D eigenvalue weighted by atomic mass is 10.0. The minimum Gasteiger partial charge on any atom is -0.311 e. The molecule has 0 spiro atoms. The van der Waals surface area contributed by atoms with Crippen molar-refractivity contribution in [3.63, 3.8) is 0 Å². The lowest BCUT2D eigenvalue weighted by molar-refractivity contribution is -0.116. The Labute approximate surface area is 94.7 Å². The molecule has 1 aliphatic rings. The van der Waals surface area contributed by atoms with Crippen LogP contribution in [0.1, 0.15) is 12.0 Å². The maximum absolute atomic E-state index is 11.9. The molecule has 2 nitrogen and oxygen atoms in total.